The third kappa shape index (κ3) is 4.10. The lowest BCUT2D eigenvalue weighted by molar-refractivity contribution is 0.296. The highest BCUT2D eigenvalue weighted by atomic mass is 35.5. The van der Waals surface area contributed by atoms with E-state index in [1.54, 1.807) is 18.2 Å². The van der Waals surface area contributed by atoms with Gasteiger partial charge in [-0.05, 0) is 24.7 Å². The summed E-state index contributed by atoms with van der Waals surface area (Å²) in [6.45, 7) is 3.53. The van der Waals surface area contributed by atoms with Crippen LogP contribution in [0.5, 0.6) is 5.75 Å². The molecule has 0 aliphatic rings. The van der Waals surface area contributed by atoms with Gasteiger partial charge >= 0.3 is 0 Å². The number of halogens is 3. The Morgan fingerprint density at radius 2 is 1.81 bits per heavy atom. The molecule has 2 aromatic rings. The van der Waals surface area contributed by atoms with E-state index in [1.807, 2.05) is 19.1 Å². The highest BCUT2D eigenvalue weighted by molar-refractivity contribution is 6.32. The van der Waals surface area contributed by atoms with Gasteiger partial charge < -0.3 is 10.1 Å². The number of hydrogen-bond donors (Lipinski definition) is 1. The summed E-state index contributed by atoms with van der Waals surface area (Å²) in [5.41, 5.74) is 1.25. The topological polar surface area (TPSA) is 21.3 Å². The van der Waals surface area contributed by atoms with Crippen LogP contribution in [0.3, 0.4) is 0 Å². The molecule has 1 N–H and O–H groups in total. The smallest absolute Gasteiger partial charge is 0.142 e. The molecule has 0 radical (unpaired) electrons. The molecule has 0 atom stereocenters. The van der Waals surface area contributed by atoms with E-state index < -0.39 is 0 Å². The van der Waals surface area contributed by atoms with Crippen molar-refractivity contribution in [1.29, 1.82) is 0 Å². The van der Waals surface area contributed by atoms with Gasteiger partial charge in [0, 0.05) is 17.7 Å². The molecule has 0 unspecified atom stereocenters. The van der Waals surface area contributed by atoms with Crippen molar-refractivity contribution >= 4 is 23.2 Å². The second-order valence-corrected chi connectivity index (χ2v) is 5.31. The van der Waals surface area contributed by atoms with Crippen LogP contribution in [0.4, 0.5) is 4.39 Å². The molecule has 5 heteroatoms. The van der Waals surface area contributed by atoms with E-state index in [0.717, 1.165) is 12.1 Å². The fraction of sp³-hybridized carbons (Fsp3) is 0.250. The number of rotatable bonds is 6. The monoisotopic (exact) mass is 327 g/mol. The summed E-state index contributed by atoms with van der Waals surface area (Å²) in [5.74, 6) is 0.169. The maximum Gasteiger partial charge on any atom is 0.142 e. The van der Waals surface area contributed by atoms with E-state index in [1.165, 1.54) is 6.07 Å². The maximum absolute atomic E-state index is 13.7. The van der Waals surface area contributed by atoms with Crippen molar-refractivity contribution in [3.8, 4) is 5.75 Å². The molecular weight excluding hydrogens is 312 g/mol. The van der Waals surface area contributed by atoms with Crippen LogP contribution in [0.25, 0.3) is 0 Å². The molecule has 0 aliphatic heterocycles. The highest BCUT2D eigenvalue weighted by Crippen LogP contribution is 2.30. The van der Waals surface area contributed by atoms with Crippen molar-refractivity contribution in [3.05, 3.63) is 63.4 Å². The van der Waals surface area contributed by atoms with Crippen molar-refractivity contribution in [2.75, 3.05) is 6.54 Å². The number of para-hydroxylation sites is 1. The Kier molecular flexibility index (Phi) is 5.85. The van der Waals surface area contributed by atoms with Crippen LogP contribution in [0, 0.1) is 5.82 Å². The van der Waals surface area contributed by atoms with Gasteiger partial charge in [0.25, 0.3) is 0 Å². The predicted octanol–water partition coefficient (Wildman–Crippen LogP) is 4.82. The molecule has 0 saturated carbocycles. The summed E-state index contributed by atoms with van der Waals surface area (Å²) < 4.78 is 19.5. The lowest BCUT2D eigenvalue weighted by Gasteiger charge is -2.14. The SMILES string of the molecule is CCNCc1cccc(Cl)c1OCc1c(F)cccc1Cl. The first-order valence-corrected chi connectivity index (χ1v) is 7.43. The van der Waals surface area contributed by atoms with Gasteiger partial charge in [0.05, 0.1) is 10.0 Å². The van der Waals surface area contributed by atoms with Crippen molar-refractivity contribution in [2.24, 2.45) is 0 Å². The Morgan fingerprint density at radius 3 is 2.52 bits per heavy atom. The van der Waals surface area contributed by atoms with Gasteiger partial charge in [0.15, 0.2) is 0 Å². The number of benzene rings is 2. The van der Waals surface area contributed by atoms with E-state index in [0.29, 0.717) is 27.9 Å². The van der Waals surface area contributed by atoms with Crippen LogP contribution in [0.15, 0.2) is 36.4 Å². The quantitative estimate of drug-likeness (QED) is 0.821. The lowest BCUT2D eigenvalue weighted by atomic mass is 10.2. The summed E-state index contributed by atoms with van der Waals surface area (Å²) >= 11 is 12.2. The van der Waals surface area contributed by atoms with E-state index in [4.69, 9.17) is 27.9 Å². The molecule has 21 heavy (non-hydrogen) atoms. The molecule has 112 valence electrons. The zero-order valence-corrected chi connectivity index (χ0v) is 13.1. The van der Waals surface area contributed by atoms with Gasteiger partial charge in [-0.25, -0.2) is 4.39 Å². The number of hydrogen-bond acceptors (Lipinski definition) is 2. The molecular formula is C16H16Cl2FNO. The number of nitrogens with one attached hydrogen (secondary N) is 1. The van der Waals surface area contributed by atoms with E-state index in [2.05, 4.69) is 5.32 Å². The van der Waals surface area contributed by atoms with Crippen molar-refractivity contribution in [2.45, 2.75) is 20.1 Å². The average Bonchev–Trinajstić information content (AvgIpc) is 2.46. The average molecular weight is 328 g/mol. The van der Waals surface area contributed by atoms with Crippen LogP contribution in [-0.4, -0.2) is 6.54 Å². The molecule has 0 aromatic heterocycles. The molecule has 0 saturated heterocycles. The van der Waals surface area contributed by atoms with Crippen LogP contribution < -0.4 is 10.1 Å². The van der Waals surface area contributed by atoms with Crippen LogP contribution in [-0.2, 0) is 13.2 Å². The van der Waals surface area contributed by atoms with Gasteiger partial charge in [0.2, 0.25) is 0 Å². The molecule has 0 heterocycles. The van der Waals surface area contributed by atoms with Gasteiger partial charge in [0.1, 0.15) is 18.2 Å². The lowest BCUT2D eigenvalue weighted by Crippen LogP contribution is -2.13. The second-order valence-electron chi connectivity index (χ2n) is 4.50. The van der Waals surface area contributed by atoms with Gasteiger partial charge in [-0.1, -0.05) is 48.3 Å². The van der Waals surface area contributed by atoms with Crippen molar-refractivity contribution in [1.82, 2.24) is 5.32 Å². The Morgan fingerprint density at radius 1 is 1.10 bits per heavy atom. The highest BCUT2D eigenvalue weighted by Gasteiger charge is 2.12. The Balaban J connectivity index is 2.19. The molecule has 2 rings (SSSR count). The minimum absolute atomic E-state index is 0.0361. The zero-order chi connectivity index (χ0) is 15.2. The number of ether oxygens (including phenoxy) is 1. The Hall–Kier alpha value is -1.29. The summed E-state index contributed by atoms with van der Waals surface area (Å²) in [7, 11) is 0. The van der Waals surface area contributed by atoms with Gasteiger partial charge in [-0.3, -0.25) is 0 Å². The Labute approximate surface area is 133 Å². The fourth-order valence-corrected chi connectivity index (χ4v) is 2.39. The van der Waals surface area contributed by atoms with E-state index in [9.17, 15) is 4.39 Å². The standard InChI is InChI=1S/C16H16Cl2FNO/c1-2-20-9-11-5-3-7-14(18)16(11)21-10-12-13(17)6-4-8-15(12)19/h3-8,20H,2,9-10H2,1H3. The van der Waals surface area contributed by atoms with Gasteiger partial charge in [-0.2, -0.15) is 0 Å². The second kappa shape index (κ2) is 7.64. The maximum atomic E-state index is 13.7. The summed E-state index contributed by atoms with van der Waals surface area (Å²) in [4.78, 5) is 0. The van der Waals surface area contributed by atoms with Crippen LogP contribution >= 0.6 is 23.2 Å². The Bertz CT molecular complexity index is 599. The third-order valence-electron chi connectivity index (χ3n) is 3.04. The first-order chi connectivity index (χ1) is 10.1. The summed E-state index contributed by atoms with van der Waals surface area (Å²) in [6, 6.07) is 10.1. The van der Waals surface area contributed by atoms with E-state index in [-0.39, 0.29) is 12.4 Å². The molecule has 0 spiro atoms. The first-order valence-electron chi connectivity index (χ1n) is 6.67. The minimum atomic E-state index is -0.386. The molecule has 0 bridgehead atoms. The fourth-order valence-electron chi connectivity index (χ4n) is 1.93. The predicted molar refractivity (Wildman–Crippen MR) is 84.6 cm³/mol. The van der Waals surface area contributed by atoms with Crippen molar-refractivity contribution in [3.63, 3.8) is 0 Å². The first kappa shape index (κ1) is 16.1. The normalized spacial score (nSPS) is 10.7. The van der Waals surface area contributed by atoms with Crippen LogP contribution in [0.1, 0.15) is 18.1 Å². The molecule has 0 aliphatic carbocycles. The minimum Gasteiger partial charge on any atom is -0.487 e. The van der Waals surface area contributed by atoms with Crippen LogP contribution in [0.2, 0.25) is 10.0 Å². The molecule has 0 amide bonds. The summed E-state index contributed by atoms with van der Waals surface area (Å²) in [5, 5.41) is 4.06. The third-order valence-corrected chi connectivity index (χ3v) is 3.69. The molecule has 2 nitrogen and oxygen atoms in total. The van der Waals surface area contributed by atoms with Crippen molar-refractivity contribution < 1.29 is 9.13 Å². The zero-order valence-electron chi connectivity index (χ0n) is 11.6. The van der Waals surface area contributed by atoms with Gasteiger partial charge in [-0.15, -0.1) is 0 Å². The molecule has 2 aromatic carbocycles. The largest absolute Gasteiger partial charge is 0.487 e. The molecule has 0 fully saturated rings. The van der Waals surface area contributed by atoms with E-state index >= 15 is 0 Å². The summed E-state index contributed by atoms with van der Waals surface area (Å²) in [6.07, 6.45) is 0.